The average Bonchev–Trinajstić information content (AvgIpc) is 3.24. The lowest BCUT2D eigenvalue weighted by molar-refractivity contribution is -0.116. The maximum absolute atomic E-state index is 13.6. The Bertz CT molecular complexity index is 1270. The lowest BCUT2D eigenvalue weighted by Gasteiger charge is -2.33. The molecule has 0 saturated heterocycles. The van der Waals surface area contributed by atoms with Gasteiger partial charge in [0.15, 0.2) is 5.82 Å². The summed E-state index contributed by atoms with van der Waals surface area (Å²) >= 11 is 7.52. The van der Waals surface area contributed by atoms with E-state index in [-0.39, 0.29) is 11.7 Å². The second-order valence-electron chi connectivity index (χ2n) is 7.17. The van der Waals surface area contributed by atoms with Gasteiger partial charge < -0.3 is 10.7 Å². The molecule has 0 radical (unpaired) electrons. The molecule has 4 aromatic rings. The summed E-state index contributed by atoms with van der Waals surface area (Å²) in [6.45, 7) is 0. The van der Waals surface area contributed by atoms with Gasteiger partial charge in [-0.3, -0.25) is 4.79 Å². The highest BCUT2D eigenvalue weighted by Crippen LogP contribution is 2.39. The van der Waals surface area contributed by atoms with Crippen LogP contribution in [0.2, 0.25) is 5.02 Å². The van der Waals surface area contributed by atoms with E-state index in [1.54, 1.807) is 41.1 Å². The summed E-state index contributed by atoms with van der Waals surface area (Å²) < 4.78 is 15.3. The molecule has 5 rings (SSSR count). The molecule has 1 aliphatic heterocycles. The fourth-order valence-electron chi connectivity index (χ4n) is 3.52. The molecule has 0 aliphatic carbocycles. The Hall–Kier alpha value is -3.36. The van der Waals surface area contributed by atoms with Gasteiger partial charge in [0.2, 0.25) is 11.1 Å². The molecule has 0 fully saturated rings. The molecule has 0 unspecified atom stereocenters. The number of halogens is 2. The minimum atomic E-state index is -0.600. The van der Waals surface area contributed by atoms with Crippen LogP contribution in [0.1, 0.15) is 11.6 Å². The van der Waals surface area contributed by atoms with E-state index in [1.165, 1.54) is 23.9 Å². The van der Waals surface area contributed by atoms with Crippen molar-refractivity contribution in [2.24, 2.45) is 0 Å². The maximum atomic E-state index is 13.6. The normalized spacial score (nSPS) is 17.3. The van der Waals surface area contributed by atoms with E-state index < -0.39 is 11.3 Å². The number of para-hydroxylation sites is 1. The number of nitrogens with zero attached hydrogens (tertiary/aromatic N) is 3. The Kier molecular flexibility index (Phi) is 5.55. The van der Waals surface area contributed by atoms with E-state index in [9.17, 15) is 9.18 Å². The number of rotatable bonds is 4. The maximum Gasteiger partial charge on any atom is 0.240 e. The number of carbonyl (C=O) groups is 1. The van der Waals surface area contributed by atoms with E-state index in [4.69, 9.17) is 11.6 Å². The van der Waals surface area contributed by atoms with Gasteiger partial charge >= 0.3 is 0 Å². The number of hydrogen-bond donors (Lipinski definition) is 2. The van der Waals surface area contributed by atoms with Crippen molar-refractivity contribution in [1.82, 2.24) is 14.9 Å². The molecule has 1 aliphatic rings. The van der Waals surface area contributed by atoms with E-state index >= 15 is 0 Å². The summed E-state index contributed by atoms with van der Waals surface area (Å²) in [7, 11) is 0. The van der Waals surface area contributed by atoms with Crippen LogP contribution in [0.3, 0.4) is 0 Å². The van der Waals surface area contributed by atoms with Crippen LogP contribution in [0.5, 0.6) is 0 Å². The van der Waals surface area contributed by atoms with E-state index in [0.29, 0.717) is 21.7 Å². The zero-order valence-corrected chi connectivity index (χ0v) is 18.1. The Morgan fingerprint density at radius 2 is 1.72 bits per heavy atom. The molecule has 0 saturated carbocycles. The third-order valence-corrected chi connectivity index (χ3v) is 6.63. The van der Waals surface area contributed by atoms with Gasteiger partial charge in [-0.25, -0.2) is 9.07 Å². The van der Waals surface area contributed by atoms with Gasteiger partial charge in [-0.1, -0.05) is 78.0 Å². The monoisotopic (exact) mass is 465 g/mol. The Morgan fingerprint density at radius 1 is 1.00 bits per heavy atom. The van der Waals surface area contributed by atoms with E-state index in [0.717, 1.165) is 11.1 Å². The SMILES string of the molecule is O=C(Nc1ccccc1Cl)[C@H]1Sc2nnc(-c3ccccc3)n2N[C@@H]1c1ccc(F)cc1. The molecule has 2 heterocycles. The number of hydrogen-bond acceptors (Lipinski definition) is 5. The van der Waals surface area contributed by atoms with Gasteiger partial charge in [-0.05, 0) is 29.8 Å². The molecule has 160 valence electrons. The van der Waals surface area contributed by atoms with Crippen LogP contribution in [-0.4, -0.2) is 26.0 Å². The third kappa shape index (κ3) is 3.94. The van der Waals surface area contributed by atoms with Crippen LogP contribution >= 0.6 is 23.4 Å². The minimum absolute atomic E-state index is 0.250. The van der Waals surface area contributed by atoms with Crippen LogP contribution in [0.25, 0.3) is 11.4 Å². The number of benzene rings is 3. The first-order chi connectivity index (χ1) is 15.6. The topological polar surface area (TPSA) is 71.8 Å². The standard InChI is InChI=1S/C23H17ClFN5OS/c24-17-8-4-5-9-18(17)26-22(31)20-19(14-10-12-16(25)13-11-14)29-30-21(27-28-23(30)32-20)15-6-2-1-3-7-15/h1-13,19-20,29H,(H,26,31)/t19-,20+/m1/s1. The van der Waals surface area contributed by atoms with Gasteiger partial charge in [-0.15, -0.1) is 10.2 Å². The fraction of sp³-hybridized carbons (Fsp3) is 0.0870. The van der Waals surface area contributed by atoms with Crippen molar-refractivity contribution < 1.29 is 9.18 Å². The van der Waals surface area contributed by atoms with Crippen molar-refractivity contribution in [2.45, 2.75) is 16.4 Å². The van der Waals surface area contributed by atoms with Crippen molar-refractivity contribution in [2.75, 3.05) is 10.7 Å². The first kappa shape index (κ1) is 20.5. The molecule has 9 heteroatoms. The second-order valence-corrected chi connectivity index (χ2v) is 8.69. The van der Waals surface area contributed by atoms with Gasteiger partial charge in [0.05, 0.1) is 16.8 Å². The van der Waals surface area contributed by atoms with Crippen LogP contribution in [0, 0.1) is 5.82 Å². The van der Waals surface area contributed by atoms with Crippen LogP contribution in [0.4, 0.5) is 10.1 Å². The van der Waals surface area contributed by atoms with Crippen LogP contribution in [0.15, 0.2) is 84.0 Å². The lowest BCUT2D eigenvalue weighted by atomic mass is 10.0. The van der Waals surface area contributed by atoms with E-state index in [1.807, 2.05) is 30.3 Å². The Morgan fingerprint density at radius 3 is 2.47 bits per heavy atom. The molecule has 3 aromatic carbocycles. The summed E-state index contributed by atoms with van der Waals surface area (Å²) in [4.78, 5) is 13.3. The van der Waals surface area contributed by atoms with Gasteiger partial charge in [0.25, 0.3) is 0 Å². The van der Waals surface area contributed by atoms with Crippen LogP contribution < -0.4 is 10.7 Å². The van der Waals surface area contributed by atoms with Crippen molar-refractivity contribution in [1.29, 1.82) is 0 Å². The summed E-state index contributed by atoms with van der Waals surface area (Å²) in [6.07, 6.45) is 0. The summed E-state index contributed by atoms with van der Waals surface area (Å²) in [6, 6.07) is 22.3. The fourth-order valence-corrected chi connectivity index (χ4v) is 4.78. The number of amides is 1. The number of anilines is 1. The molecule has 1 amide bonds. The molecule has 1 aromatic heterocycles. The number of carbonyl (C=O) groups excluding carboxylic acids is 1. The van der Waals surface area contributed by atoms with Crippen molar-refractivity contribution >= 4 is 35.0 Å². The highest BCUT2D eigenvalue weighted by atomic mass is 35.5. The predicted octanol–water partition coefficient (Wildman–Crippen LogP) is 5.14. The third-order valence-electron chi connectivity index (χ3n) is 5.09. The Balaban J connectivity index is 1.52. The predicted molar refractivity (Wildman–Crippen MR) is 124 cm³/mol. The highest BCUT2D eigenvalue weighted by molar-refractivity contribution is 8.00. The molecular weight excluding hydrogens is 449 g/mol. The lowest BCUT2D eigenvalue weighted by Crippen LogP contribution is -2.41. The van der Waals surface area contributed by atoms with Crippen molar-refractivity contribution in [3.8, 4) is 11.4 Å². The first-order valence-electron chi connectivity index (χ1n) is 9.85. The molecule has 0 spiro atoms. The van der Waals surface area contributed by atoms with Gasteiger partial charge in [-0.2, -0.15) is 0 Å². The van der Waals surface area contributed by atoms with Crippen LogP contribution in [-0.2, 0) is 4.79 Å². The zero-order chi connectivity index (χ0) is 22.1. The first-order valence-corrected chi connectivity index (χ1v) is 11.1. The summed E-state index contributed by atoms with van der Waals surface area (Å²) in [5, 5.41) is 11.9. The average molecular weight is 466 g/mol. The second kappa shape index (κ2) is 8.64. The molecule has 6 nitrogen and oxygen atoms in total. The van der Waals surface area contributed by atoms with Gasteiger partial charge in [0.1, 0.15) is 11.1 Å². The quantitative estimate of drug-likeness (QED) is 0.437. The largest absolute Gasteiger partial charge is 0.324 e. The van der Waals surface area contributed by atoms with Gasteiger partial charge in [0, 0.05) is 5.56 Å². The molecule has 2 atom stereocenters. The number of aromatic nitrogens is 3. The molecule has 32 heavy (non-hydrogen) atoms. The van der Waals surface area contributed by atoms with E-state index in [2.05, 4.69) is 20.9 Å². The molecular formula is C23H17ClFN5OS. The minimum Gasteiger partial charge on any atom is -0.324 e. The highest BCUT2D eigenvalue weighted by Gasteiger charge is 2.38. The smallest absolute Gasteiger partial charge is 0.240 e. The molecule has 2 N–H and O–H groups in total. The summed E-state index contributed by atoms with van der Waals surface area (Å²) in [5.74, 6) is 0.0369. The number of nitrogens with one attached hydrogen (secondary N) is 2. The number of thioether (sulfide) groups is 1. The Labute approximate surface area is 192 Å². The van der Waals surface area contributed by atoms with Crippen molar-refractivity contribution in [3.63, 3.8) is 0 Å². The molecule has 0 bridgehead atoms. The number of fused-ring (bicyclic) bond motifs is 1. The summed E-state index contributed by atoms with van der Waals surface area (Å²) in [5.41, 5.74) is 5.53. The van der Waals surface area contributed by atoms with Crippen molar-refractivity contribution in [3.05, 3.63) is 95.3 Å². The zero-order valence-electron chi connectivity index (χ0n) is 16.6.